The summed E-state index contributed by atoms with van der Waals surface area (Å²) >= 11 is 1.71. The molecule has 5 rings (SSSR count). The van der Waals surface area contributed by atoms with Crippen molar-refractivity contribution in [1.82, 2.24) is 19.3 Å². The van der Waals surface area contributed by atoms with Crippen LogP contribution >= 0.6 is 11.8 Å². The van der Waals surface area contributed by atoms with E-state index in [-0.39, 0.29) is 5.56 Å². The van der Waals surface area contributed by atoms with Crippen LogP contribution < -0.4 is 10.9 Å². The molecule has 2 aromatic carbocycles. The van der Waals surface area contributed by atoms with E-state index >= 15 is 0 Å². The van der Waals surface area contributed by atoms with Crippen LogP contribution in [0, 0.1) is 0 Å². The van der Waals surface area contributed by atoms with Gasteiger partial charge < -0.3 is 10.4 Å². The summed E-state index contributed by atoms with van der Waals surface area (Å²) in [6.45, 7) is 2.02. The molecular weight excluding hydrogens is 434 g/mol. The Morgan fingerprint density at radius 3 is 2.67 bits per heavy atom. The van der Waals surface area contributed by atoms with E-state index in [9.17, 15) is 9.90 Å². The van der Waals surface area contributed by atoms with E-state index in [4.69, 9.17) is 4.98 Å². The van der Waals surface area contributed by atoms with Crippen molar-refractivity contribution in [3.8, 4) is 0 Å². The third-order valence-corrected chi connectivity index (χ3v) is 7.10. The molecule has 1 aliphatic rings. The highest BCUT2D eigenvalue weighted by molar-refractivity contribution is 7.98. The second-order valence-corrected chi connectivity index (χ2v) is 9.74. The summed E-state index contributed by atoms with van der Waals surface area (Å²) in [5, 5.41) is 18.0. The predicted molar refractivity (Wildman–Crippen MR) is 132 cm³/mol. The summed E-state index contributed by atoms with van der Waals surface area (Å²) < 4.78 is 3.54. The van der Waals surface area contributed by atoms with Crippen LogP contribution in [0.2, 0.25) is 0 Å². The van der Waals surface area contributed by atoms with Crippen molar-refractivity contribution in [2.24, 2.45) is 7.05 Å². The number of hydrogen-bond donors (Lipinski definition) is 2. The molecule has 8 heteroatoms. The van der Waals surface area contributed by atoms with Crippen molar-refractivity contribution >= 4 is 28.6 Å². The fourth-order valence-electron chi connectivity index (χ4n) is 4.17. The number of aromatic nitrogens is 4. The van der Waals surface area contributed by atoms with Crippen LogP contribution in [0.1, 0.15) is 30.9 Å². The van der Waals surface area contributed by atoms with Crippen molar-refractivity contribution < 1.29 is 5.11 Å². The molecule has 0 radical (unpaired) electrons. The molecule has 0 aliphatic heterocycles. The topological polar surface area (TPSA) is 85.0 Å². The first-order valence-corrected chi connectivity index (χ1v) is 12.1. The minimum atomic E-state index is -0.559. The van der Waals surface area contributed by atoms with Gasteiger partial charge in [0.15, 0.2) is 0 Å². The number of aliphatic hydroxyl groups is 1. The average molecular weight is 462 g/mol. The number of aliphatic hydroxyl groups excluding tert-OH is 1. The third-order valence-electron chi connectivity index (χ3n) is 6.04. The lowest BCUT2D eigenvalue weighted by Crippen LogP contribution is -2.35. The fourth-order valence-corrected chi connectivity index (χ4v) is 5.06. The highest BCUT2D eigenvalue weighted by atomic mass is 32.2. The van der Waals surface area contributed by atoms with E-state index in [0.717, 1.165) is 29.1 Å². The maximum absolute atomic E-state index is 13.9. The van der Waals surface area contributed by atoms with Gasteiger partial charge in [-0.05, 0) is 43.5 Å². The Hall–Kier alpha value is -3.10. The molecule has 170 valence electrons. The molecule has 1 fully saturated rings. The standard InChI is InChI=1S/C25H27N5O2S/c1-17(31)13-26-24-28-22-9-8-20(33-16-18-6-4-3-5-7-18)12-21(22)23(32)30(24)25(10-11-25)19-14-27-29(2)15-19/h3-9,12,14-15,17,31H,10-11,13,16H2,1-2H3,(H,26,28)/t17-/m0/s1. The van der Waals surface area contributed by atoms with Crippen LogP contribution in [0.15, 0.2) is 70.6 Å². The molecular formula is C25H27N5O2S. The number of nitrogens with one attached hydrogen (secondary N) is 1. The summed E-state index contributed by atoms with van der Waals surface area (Å²) in [7, 11) is 1.88. The van der Waals surface area contributed by atoms with Crippen LogP contribution in [0.3, 0.4) is 0 Å². The number of hydrogen-bond acceptors (Lipinski definition) is 6. The summed E-state index contributed by atoms with van der Waals surface area (Å²) in [6, 6.07) is 16.2. The Morgan fingerprint density at radius 2 is 2.00 bits per heavy atom. The van der Waals surface area contributed by atoms with E-state index in [1.54, 1.807) is 27.9 Å². The molecule has 33 heavy (non-hydrogen) atoms. The van der Waals surface area contributed by atoms with Gasteiger partial charge in [0.25, 0.3) is 5.56 Å². The first kappa shape index (κ1) is 21.7. The van der Waals surface area contributed by atoms with Gasteiger partial charge in [-0.1, -0.05) is 30.3 Å². The second kappa shape index (κ2) is 8.68. The lowest BCUT2D eigenvalue weighted by atomic mass is 10.1. The molecule has 7 nitrogen and oxygen atoms in total. The number of fused-ring (bicyclic) bond motifs is 1. The smallest absolute Gasteiger partial charge is 0.263 e. The summed E-state index contributed by atoms with van der Waals surface area (Å²) in [6.07, 6.45) is 4.92. The Kier molecular flexibility index (Phi) is 5.72. The summed E-state index contributed by atoms with van der Waals surface area (Å²) in [5.74, 6) is 1.32. The first-order chi connectivity index (χ1) is 16.0. The lowest BCUT2D eigenvalue weighted by molar-refractivity contribution is 0.207. The molecule has 0 unspecified atom stereocenters. The molecule has 1 aliphatic carbocycles. The van der Waals surface area contributed by atoms with Gasteiger partial charge in [-0.25, -0.2) is 4.98 Å². The Balaban J connectivity index is 1.58. The number of aryl methyl sites for hydroxylation is 1. The molecule has 0 spiro atoms. The van der Waals surface area contributed by atoms with Gasteiger partial charge in [0.2, 0.25) is 5.95 Å². The van der Waals surface area contributed by atoms with Gasteiger partial charge >= 0.3 is 0 Å². The summed E-state index contributed by atoms with van der Waals surface area (Å²) in [4.78, 5) is 19.7. The number of anilines is 1. The maximum atomic E-state index is 13.9. The largest absolute Gasteiger partial charge is 0.392 e. The fraction of sp³-hybridized carbons (Fsp3) is 0.320. The normalized spacial score (nSPS) is 15.5. The SMILES string of the molecule is C[C@H](O)CNc1nc2ccc(SCc3ccccc3)cc2c(=O)n1C1(c2cnn(C)c2)CC1. The van der Waals surface area contributed by atoms with Crippen LogP contribution in [-0.2, 0) is 18.3 Å². The third kappa shape index (κ3) is 4.28. The van der Waals surface area contributed by atoms with E-state index in [0.29, 0.717) is 23.4 Å². The Bertz CT molecular complexity index is 1340. The van der Waals surface area contributed by atoms with Crippen LogP contribution in [0.25, 0.3) is 10.9 Å². The highest BCUT2D eigenvalue weighted by Gasteiger charge is 2.49. The quantitative estimate of drug-likeness (QED) is 0.389. The van der Waals surface area contributed by atoms with Gasteiger partial charge in [-0.2, -0.15) is 5.10 Å². The van der Waals surface area contributed by atoms with Crippen molar-refractivity contribution in [2.75, 3.05) is 11.9 Å². The van der Waals surface area contributed by atoms with Gasteiger partial charge in [0.05, 0.1) is 28.7 Å². The molecule has 2 N–H and O–H groups in total. The molecule has 1 atom stereocenters. The highest BCUT2D eigenvalue weighted by Crippen LogP contribution is 2.49. The molecule has 4 aromatic rings. The van der Waals surface area contributed by atoms with Gasteiger partial charge in [0.1, 0.15) is 0 Å². The van der Waals surface area contributed by atoms with E-state index < -0.39 is 11.6 Å². The van der Waals surface area contributed by atoms with Crippen LogP contribution in [-0.4, -0.2) is 37.1 Å². The van der Waals surface area contributed by atoms with E-state index in [2.05, 4.69) is 22.5 Å². The van der Waals surface area contributed by atoms with E-state index in [1.165, 1.54) is 5.56 Å². The van der Waals surface area contributed by atoms with Crippen molar-refractivity contribution in [3.05, 3.63) is 82.4 Å². The lowest BCUT2D eigenvalue weighted by Gasteiger charge is -2.23. The first-order valence-electron chi connectivity index (χ1n) is 11.1. The zero-order valence-corrected chi connectivity index (χ0v) is 19.5. The van der Waals surface area contributed by atoms with Gasteiger partial charge in [0, 0.05) is 36.0 Å². The van der Waals surface area contributed by atoms with Crippen molar-refractivity contribution in [3.63, 3.8) is 0 Å². The van der Waals surface area contributed by atoms with Crippen molar-refractivity contribution in [1.29, 1.82) is 0 Å². The number of rotatable bonds is 8. The molecule has 2 aromatic heterocycles. The molecule has 0 saturated heterocycles. The maximum Gasteiger partial charge on any atom is 0.263 e. The van der Waals surface area contributed by atoms with Crippen LogP contribution in [0.5, 0.6) is 0 Å². The predicted octanol–water partition coefficient (Wildman–Crippen LogP) is 3.75. The minimum Gasteiger partial charge on any atom is -0.392 e. The molecule has 0 amide bonds. The van der Waals surface area contributed by atoms with Gasteiger partial charge in [-0.15, -0.1) is 11.8 Å². The Morgan fingerprint density at radius 1 is 1.21 bits per heavy atom. The molecule has 0 bridgehead atoms. The zero-order valence-electron chi connectivity index (χ0n) is 18.7. The van der Waals surface area contributed by atoms with Crippen molar-refractivity contribution in [2.45, 2.75) is 42.1 Å². The summed E-state index contributed by atoms with van der Waals surface area (Å²) in [5.41, 5.74) is 2.36. The number of nitrogens with zero attached hydrogens (tertiary/aromatic N) is 4. The van der Waals surface area contributed by atoms with Crippen LogP contribution in [0.4, 0.5) is 5.95 Å². The number of thioether (sulfide) groups is 1. The number of benzene rings is 2. The minimum absolute atomic E-state index is 0.0726. The monoisotopic (exact) mass is 461 g/mol. The second-order valence-electron chi connectivity index (χ2n) is 8.69. The molecule has 1 saturated carbocycles. The van der Waals surface area contributed by atoms with Gasteiger partial charge in [-0.3, -0.25) is 14.0 Å². The zero-order chi connectivity index (χ0) is 23.0. The average Bonchev–Trinajstić information content (AvgIpc) is 3.49. The molecule has 2 heterocycles. The van der Waals surface area contributed by atoms with E-state index in [1.807, 2.05) is 55.8 Å². The Labute approximate surface area is 196 Å².